The fourth-order valence-electron chi connectivity index (χ4n) is 9.81. The molecule has 0 bridgehead atoms. The molecule has 0 amide bonds. The van der Waals surface area contributed by atoms with Crippen LogP contribution in [0.25, 0.3) is 0 Å². The number of hydrogen-bond donors (Lipinski definition) is 2. The number of aliphatic hydroxyl groups is 2. The van der Waals surface area contributed by atoms with E-state index >= 15 is 0 Å². The predicted octanol–water partition coefficient (Wildman–Crippen LogP) is 6.20. The number of aliphatic hydroxyl groups excluding tert-OH is 2. The van der Waals surface area contributed by atoms with Crippen LogP contribution in [-0.4, -0.2) is 34.4 Å². The number of carbonyl (C=O) groups is 1. The van der Waals surface area contributed by atoms with Crippen molar-refractivity contribution in [2.75, 3.05) is 0 Å². The molecule has 0 aromatic rings. The van der Waals surface area contributed by atoms with E-state index in [0.29, 0.717) is 54.6 Å². The first-order valence-electron chi connectivity index (χ1n) is 14.0. The molecule has 4 aliphatic carbocycles. The number of Topliss-reactive ketones (excluding diaryl/α,β-unsaturated/α-hetero) is 1. The minimum absolute atomic E-state index is 0.0328. The van der Waals surface area contributed by atoms with Gasteiger partial charge in [-0.15, -0.1) is 0 Å². The Morgan fingerprint density at radius 1 is 0.970 bits per heavy atom. The normalized spacial score (nSPS) is 46.8. The maximum Gasteiger partial charge on any atom is 0.136 e. The van der Waals surface area contributed by atoms with Gasteiger partial charge in [0.1, 0.15) is 12.0 Å². The highest BCUT2D eigenvalue weighted by Crippen LogP contribution is 2.68. The van der Waals surface area contributed by atoms with Crippen molar-refractivity contribution >= 4 is 5.78 Å². The largest absolute Gasteiger partial charge is 0.390 e. The summed E-state index contributed by atoms with van der Waals surface area (Å²) in [6, 6.07) is 0. The molecule has 4 fully saturated rings. The Hall–Kier alpha value is -0.480. The summed E-state index contributed by atoms with van der Waals surface area (Å²) in [6.45, 7) is 13.2. The van der Waals surface area contributed by atoms with Gasteiger partial charge in [-0.25, -0.2) is 4.39 Å². The minimum Gasteiger partial charge on any atom is -0.390 e. The first-order chi connectivity index (χ1) is 15.5. The Morgan fingerprint density at radius 2 is 1.61 bits per heavy atom. The fraction of sp³-hybridized carbons (Fsp3) is 0.966. The van der Waals surface area contributed by atoms with Crippen LogP contribution in [0.2, 0.25) is 0 Å². The number of alkyl halides is 1. The highest BCUT2D eigenvalue weighted by Gasteiger charge is 2.63. The molecule has 4 aliphatic rings. The Morgan fingerprint density at radius 3 is 2.24 bits per heavy atom. The zero-order chi connectivity index (χ0) is 24.3. The summed E-state index contributed by atoms with van der Waals surface area (Å²) in [6.07, 6.45) is 5.68. The molecule has 0 saturated heterocycles. The lowest BCUT2D eigenvalue weighted by Gasteiger charge is -2.60. The lowest BCUT2D eigenvalue weighted by molar-refractivity contribution is -0.159. The van der Waals surface area contributed by atoms with Crippen LogP contribution in [0.5, 0.6) is 0 Å². The van der Waals surface area contributed by atoms with Crippen molar-refractivity contribution in [1.82, 2.24) is 0 Å². The predicted molar refractivity (Wildman–Crippen MR) is 130 cm³/mol. The van der Waals surface area contributed by atoms with E-state index in [-0.39, 0.29) is 28.6 Å². The molecular weight excluding hydrogens is 415 g/mol. The number of rotatable bonds is 6. The van der Waals surface area contributed by atoms with Gasteiger partial charge in [0.05, 0.1) is 12.2 Å². The molecule has 0 heterocycles. The molecule has 0 radical (unpaired) electrons. The second-order valence-corrected chi connectivity index (χ2v) is 13.4. The van der Waals surface area contributed by atoms with Crippen LogP contribution in [0, 0.1) is 58.2 Å². The second kappa shape index (κ2) is 9.19. The van der Waals surface area contributed by atoms with E-state index in [2.05, 4.69) is 41.5 Å². The molecule has 0 aromatic carbocycles. The average molecular weight is 465 g/mol. The van der Waals surface area contributed by atoms with Crippen LogP contribution in [0.1, 0.15) is 99.3 Å². The SMILES string of the molecule is CC[C@@H](C(C)C)[C@H](O)[C@@H](O)[C@@H](C)[C@H]1CCC2C3CC(=O)[C@H]4C[C@@H](F)CC[C@]4(C)C3CC[C@@]21C. The second-order valence-electron chi connectivity index (χ2n) is 13.4. The third-order valence-electron chi connectivity index (χ3n) is 11.8. The summed E-state index contributed by atoms with van der Waals surface area (Å²) in [5.41, 5.74) is 0.0799. The van der Waals surface area contributed by atoms with E-state index in [4.69, 9.17) is 0 Å². The number of halogens is 1. The molecule has 12 atom stereocenters. The monoisotopic (exact) mass is 464 g/mol. The van der Waals surface area contributed by atoms with Crippen molar-refractivity contribution < 1.29 is 19.4 Å². The fourth-order valence-corrected chi connectivity index (χ4v) is 9.81. The summed E-state index contributed by atoms with van der Waals surface area (Å²) in [5.74, 6) is 2.56. The van der Waals surface area contributed by atoms with Gasteiger partial charge in [0.15, 0.2) is 0 Å². The number of fused-ring (bicyclic) bond motifs is 5. The zero-order valence-electron chi connectivity index (χ0n) is 21.9. The lowest BCUT2D eigenvalue weighted by Crippen LogP contribution is -2.57. The van der Waals surface area contributed by atoms with Crippen LogP contribution in [0.4, 0.5) is 4.39 Å². The van der Waals surface area contributed by atoms with Crippen LogP contribution in [-0.2, 0) is 4.79 Å². The molecule has 3 unspecified atom stereocenters. The topological polar surface area (TPSA) is 57.5 Å². The van der Waals surface area contributed by atoms with Crippen LogP contribution < -0.4 is 0 Å². The summed E-state index contributed by atoms with van der Waals surface area (Å²) in [4.78, 5) is 13.3. The maximum absolute atomic E-state index is 14.2. The van der Waals surface area contributed by atoms with Gasteiger partial charge < -0.3 is 10.2 Å². The van der Waals surface area contributed by atoms with Crippen molar-refractivity contribution in [1.29, 1.82) is 0 Å². The summed E-state index contributed by atoms with van der Waals surface area (Å²) >= 11 is 0. The average Bonchev–Trinajstić information content (AvgIpc) is 3.11. The Labute approximate surface area is 201 Å². The molecule has 4 heteroatoms. The Kier molecular flexibility index (Phi) is 7.13. The third kappa shape index (κ3) is 4.03. The van der Waals surface area contributed by atoms with Gasteiger partial charge in [-0.1, -0.05) is 48.0 Å². The van der Waals surface area contributed by atoms with Crippen LogP contribution in [0.15, 0.2) is 0 Å². The van der Waals surface area contributed by atoms with Crippen molar-refractivity contribution in [3.8, 4) is 0 Å². The van der Waals surface area contributed by atoms with Crippen molar-refractivity contribution in [3.05, 3.63) is 0 Å². The van der Waals surface area contributed by atoms with Crippen molar-refractivity contribution in [2.45, 2.75) is 118 Å². The maximum atomic E-state index is 14.2. The van der Waals surface area contributed by atoms with Crippen molar-refractivity contribution in [2.24, 2.45) is 58.2 Å². The minimum atomic E-state index is -0.806. The van der Waals surface area contributed by atoms with Gasteiger partial charge in [-0.2, -0.15) is 0 Å². The Bertz CT molecular complexity index is 724. The number of ketones is 1. The molecule has 0 spiro atoms. The van der Waals surface area contributed by atoms with Crippen LogP contribution >= 0.6 is 0 Å². The Balaban J connectivity index is 1.54. The molecule has 0 aliphatic heterocycles. The molecular formula is C29H49FO3. The smallest absolute Gasteiger partial charge is 0.136 e. The van der Waals surface area contributed by atoms with Gasteiger partial charge in [-0.3, -0.25) is 4.79 Å². The van der Waals surface area contributed by atoms with Gasteiger partial charge in [0.25, 0.3) is 0 Å². The molecule has 0 aromatic heterocycles. The van der Waals surface area contributed by atoms with Gasteiger partial charge in [0, 0.05) is 12.3 Å². The van der Waals surface area contributed by atoms with E-state index < -0.39 is 18.4 Å². The van der Waals surface area contributed by atoms with E-state index in [9.17, 15) is 19.4 Å². The first-order valence-corrected chi connectivity index (χ1v) is 14.0. The molecule has 4 saturated carbocycles. The summed E-state index contributed by atoms with van der Waals surface area (Å²) in [5, 5.41) is 22.3. The number of hydrogen-bond acceptors (Lipinski definition) is 3. The van der Waals surface area contributed by atoms with Gasteiger partial charge >= 0.3 is 0 Å². The van der Waals surface area contributed by atoms with Crippen LogP contribution in [0.3, 0.4) is 0 Å². The van der Waals surface area contributed by atoms with Gasteiger partial charge in [-0.05, 0) is 97.2 Å². The number of carbonyl (C=O) groups excluding carboxylic acids is 1. The molecule has 3 nitrogen and oxygen atoms in total. The lowest BCUT2D eigenvalue weighted by atomic mass is 9.44. The molecule has 4 rings (SSSR count). The molecule has 33 heavy (non-hydrogen) atoms. The summed E-state index contributed by atoms with van der Waals surface area (Å²) in [7, 11) is 0. The quantitative estimate of drug-likeness (QED) is 0.492. The molecule has 2 N–H and O–H groups in total. The highest BCUT2D eigenvalue weighted by molar-refractivity contribution is 5.83. The third-order valence-corrected chi connectivity index (χ3v) is 11.8. The standard InChI is InChI=1S/C29H49FO3/c1-7-19(16(2)3)27(33)26(32)17(4)21-8-9-22-20-15-25(31)24-14-18(30)10-12-29(24,6)23(20)11-13-28(21,22)5/h16-24,26-27,32-33H,7-15H2,1-6H3/t17-,18-,19-,20?,21+,22?,23?,24+,26-,27-,28+,29+/m0/s1. The highest BCUT2D eigenvalue weighted by atomic mass is 19.1. The summed E-state index contributed by atoms with van der Waals surface area (Å²) < 4.78 is 14.2. The van der Waals surface area contributed by atoms with Gasteiger partial charge in [0.2, 0.25) is 0 Å². The molecule has 190 valence electrons. The van der Waals surface area contributed by atoms with E-state index in [0.717, 1.165) is 38.5 Å². The van der Waals surface area contributed by atoms with E-state index in [1.807, 2.05) is 0 Å². The first kappa shape index (κ1) is 25.6. The zero-order valence-corrected chi connectivity index (χ0v) is 21.9. The van der Waals surface area contributed by atoms with E-state index in [1.165, 1.54) is 0 Å². The van der Waals surface area contributed by atoms with E-state index in [1.54, 1.807) is 0 Å². The van der Waals surface area contributed by atoms with Crippen molar-refractivity contribution in [3.63, 3.8) is 0 Å².